The molecule has 170 valence electrons. The molecule has 0 unspecified atom stereocenters. The summed E-state index contributed by atoms with van der Waals surface area (Å²) in [5, 5.41) is 0.840. The summed E-state index contributed by atoms with van der Waals surface area (Å²) in [6.07, 6.45) is 5.26. The van der Waals surface area contributed by atoms with E-state index in [1.807, 2.05) is 6.92 Å². The van der Waals surface area contributed by atoms with E-state index in [9.17, 15) is 4.79 Å². The summed E-state index contributed by atoms with van der Waals surface area (Å²) in [6.45, 7) is 4.29. The molecular weight excluding hydrogens is 432 g/mol. The van der Waals surface area contributed by atoms with Crippen molar-refractivity contribution in [2.24, 2.45) is 18.2 Å². The first-order valence-corrected chi connectivity index (χ1v) is 11.1. The normalized spacial score (nSPS) is 22.7. The maximum atomic E-state index is 13.4. The number of nitrogens with two attached hydrogens (primary N) is 1. The van der Waals surface area contributed by atoms with Crippen LogP contribution in [0.2, 0.25) is 5.02 Å². The number of aromatic nitrogens is 4. The Kier molecular flexibility index (Phi) is 5.15. The van der Waals surface area contributed by atoms with Gasteiger partial charge in [0.15, 0.2) is 0 Å². The minimum atomic E-state index is -0.136. The highest BCUT2D eigenvalue weighted by atomic mass is 35.5. The summed E-state index contributed by atoms with van der Waals surface area (Å²) in [7, 11) is 3.26. The molecule has 2 fully saturated rings. The van der Waals surface area contributed by atoms with Gasteiger partial charge in [-0.2, -0.15) is 4.98 Å². The molecule has 2 saturated heterocycles. The number of aromatic amines is 1. The number of pyridine rings is 1. The van der Waals surface area contributed by atoms with Crippen molar-refractivity contribution >= 4 is 28.6 Å². The van der Waals surface area contributed by atoms with E-state index in [-0.39, 0.29) is 23.1 Å². The van der Waals surface area contributed by atoms with Gasteiger partial charge in [-0.3, -0.25) is 9.36 Å². The molecule has 3 aromatic rings. The standard InChI is InChI=1S/C22H27ClN6O3/c1-12-17(24)22(11-32-12)5-8-29(9-6-22)21-27-18-15(20(30)28(21)2)14(10-26-18)13-4-7-25-19(31-3)16(13)23/h4,7,10,12,17,26H,5-6,8-9,11,24H2,1-3H3/t12-,17+/m0/s1. The van der Waals surface area contributed by atoms with Gasteiger partial charge in [0, 0.05) is 55.1 Å². The zero-order valence-electron chi connectivity index (χ0n) is 18.4. The molecule has 0 amide bonds. The Balaban J connectivity index is 1.50. The summed E-state index contributed by atoms with van der Waals surface area (Å²) in [6, 6.07) is 1.80. The van der Waals surface area contributed by atoms with Gasteiger partial charge < -0.3 is 25.1 Å². The van der Waals surface area contributed by atoms with Gasteiger partial charge >= 0.3 is 0 Å². The van der Waals surface area contributed by atoms with Crippen molar-refractivity contribution in [3.8, 4) is 17.0 Å². The topological polar surface area (TPSA) is 111 Å². The van der Waals surface area contributed by atoms with Crippen LogP contribution in [-0.2, 0) is 11.8 Å². The summed E-state index contributed by atoms with van der Waals surface area (Å²) >= 11 is 6.47. The quantitative estimate of drug-likeness (QED) is 0.619. The third kappa shape index (κ3) is 3.10. The van der Waals surface area contributed by atoms with E-state index in [2.05, 4.69) is 14.9 Å². The van der Waals surface area contributed by atoms with Crippen molar-refractivity contribution in [3.05, 3.63) is 33.8 Å². The Labute approximate surface area is 190 Å². The molecule has 2 aliphatic heterocycles. The molecule has 3 N–H and O–H groups in total. The van der Waals surface area contributed by atoms with E-state index in [4.69, 9.17) is 31.8 Å². The van der Waals surface area contributed by atoms with Crippen LogP contribution >= 0.6 is 11.6 Å². The van der Waals surface area contributed by atoms with Crippen LogP contribution in [0.4, 0.5) is 5.95 Å². The molecule has 0 bridgehead atoms. The molecule has 2 aliphatic rings. The SMILES string of the molecule is COc1nccc(-c2c[nH]c3nc(N4CCC5(CC4)CO[C@@H](C)[C@H]5N)n(C)c(=O)c23)c1Cl. The molecule has 0 radical (unpaired) electrons. The molecule has 0 saturated carbocycles. The van der Waals surface area contributed by atoms with E-state index >= 15 is 0 Å². The maximum Gasteiger partial charge on any atom is 0.264 e. The highest BCUT2D eigenvalue weighted by Gasteiger charge is 2.47. The number of nitrogens with one attached hydrogen (secondary N) is 1. The van der Waals surface area contributed by atoms with E-state index in [0.29, 0.717) is 45.6 Å². The molecular formula is C22H27ClN6O3. The summed E-state index contributed by atoms with van der Waals surface area (Å²) in [4.78, 5) is 27.6. The lowest BCUT2D eigenvalue weighted by Gasteiger charge is -2.41. The van der Waals surface area contributed by atoms with Gasteiger partial charge in [-0.05, 0) is 25.8 Å². The molecule has 9 nitrogen and oxygen atoms in total. The first-order valence-electron chi connectivity index (χ1n) is 10.8. The van der Waals surface area contributed by atoms with Crippen molar-refractivity contribution < 1.29 is 9.47 Å². The van der Waals surface area contributed by atoms with Crippen LogP contribution in [0.3, 0.4) is 0 Å². The van der Waals surface area contributed by atoms with E-state index in [1.54, 1.807) is 30.1 Å². The lowest BCUT2D eigenvalue weighted by Crippen LogP contribution is -2.51. The largest absolute Gasteiger partial charge is 0.480 e. The van der Waals surface area contributed by atoms with Crippen LogP contribution in [0, 0.1) is 5.41 Å². The van der Waals surface area contributed by atoms with E-state index in [0.717, 1.165) is 25.9 Å². The fourth-order valence-electron chi connectivity index (χ4n) is 5.05. The Morgan fingerprint density at radius 3 is 2.75 bits per heavy atom. The van der Waals surface area contributed by atoms with Crippen molar-refractivity contribution in [1.82, 2.24) is 19.5 Å². The molecule has 2 atom stereocenters. The first-order chi connectivity index (χ1) is 15.4. The highest BCUT2D eigenvalue weighted by molar-refractivity contribution is 6.35. The van der Waals surface area contributed by atoms with Crippen LogP contribution in [0.15, 0.2) is 23.3 Å². The number of H-pyrrole nitrogens is 1. The average molecular weight is 459 g/mol. The number of fused-ring (bicyclic) bond motifs is 1. The number of piperidine rings is 1. The molecule has 0 aromatic carbocycles. The lowest BCUT2D eigenvalue weighted by molar-refractivity contribution is 0.0973. The Morgan fingerprint density at radius 1 is 1.34 bits per heavy atom. The predicted octanol–water partition coefficient (Wildman–Crippen LogP) is 2.32. The number of anilines is 1. The molecule has 10 heteroatoms. The summed E-state index contributed by atoms with van der Waals surface area (Å²) < 4.78 is 12.7. The Morgan fingerprint density at radius 2 is 2.09 bits per heavy atom. The zero-order valence-corrected chi connectivity index (χ0v) is 19.1. The van der Waals surface area contributed by atoms with Crippen LogP contribution in [0.1, 0.15) is 19.8 Å². The zero-order chi connectivity index (χ0) is 22.6. The second kappa shape index (κ2) is 7.75. The third-order valence-electron chi connectivity index (χ3n) is 7.12. The maximum absolute atomic E-state index is 13.4. The minimum absolute atomic E-state index is 0.00956. The van der Waals surface area contributed by atoms with Crippen molar-refractivity contribution in [2.75, 3.05) is 31.7 Å². The smallest absolute Gasteiger partial charge is 0.264 e. The average Bonchev–Trinajstić information content (AvgIpc) is 3.34. The minimum Gasteiger partial charge on any atom is -0.480 e. The number of hydrogen-bond acceptors (Lipinski definition) is 7. The van der Waals surface area contributed by atoms with Crippen LogP contribution < -0.4 is 20.9 Å². The monoisotopic (exact) mass is 458 g/mol. The van der Waals surface area contributed by atoms with Gasteiger partial charge in [-0.15, -0.1) is 0 Å². The lowest BCUT2D eigenvalue weighted by atomic mass is 9.73. The molecule has 5 rings (SSSR count). The van der Waals surface area contributed by atoms with E-state index < -0.39 is 0 Å². The molecule has 0 aliphatic carbocycles. The van der Waals surface area contributed by atoms with Crippen LogP contribution in [-0.4, -0.2) is 58.5 Å². The molecule has 5 heterocycles. The van der Waals surface area contributed by atoms with Gasteiger partial charge in [-0.25, -0.2) is 4.98 Å². The summed E-state index contributed by atoms with van der Waals surface area (Å²) in [5.41, 5.74) is 8.19. The summed E-state index contributed by atoms with van der Waals surface area (Å²) in [5.74, 6) is 0.954. The van der Waals surface area contributed by atoms with Gasteiger partial charge in [0.05, 0.1) is 25.2 Å². The van der Waals surface area contributed by atoms with Crippen LogP contribution in [0.25, 0.3) is 22.2 Å². The van der Waals surface area contributed by atoms with Gasteiger partial charge in [0.2, 0.25) is 11.8 Å². The first kappa shape index (κ1) is 21.2. The van der Waals surface area contributed by atoms with Crippen molar-refractivity contribution in [1.29, 1.82) is 0 Å². The van der Waals surface area contributed by atoms with Gasteiger partial charge in [0.25, 0.3) is 5.56 Å². The Hall–Kier alpha value is -2.62. The molecule has 1 spiro atoms. The fourth-order valence-corrected chi connectivity index (χ4v) is 5.34. The number of nitrogens with zero attached hydrogens (tertiary/aromatic N) is 4. The van der Waals surface area contributed by atoms with E-state index in [1.165, 1.54) is 7.11 Å². The number of halogens is 1. The van der Waals surface area contributed by atoms with Gasteiger partial charge in [0.1, 0.15) is 10.7 Å². The van der Waals surface area contributed by atoms with Crippen molar-refractivity contribution in [2.45, 2.75) is 31.9 Å². The Bertz CT molecular complexity index is 1230. The van der Waals surface area contributed by atoms with Crippen molar-refractivity contribution in [3.63, 3.8) is 0 Å². The fraction of sp³-hybridized carbons (Fsp3) is 0.500. The number of methoxy groups -OCH3 is 1. The number of rotatable bonds is 3. The number of ether oxygens (including phenoxy) is 2. The third-order valence-corrected chi connectivity index (χ3v) is 7.48. The van der Waals surface area contributed by atoms with Crippen LogP contribution in [0.5, 0.6) is 5.88 Å². The number of hydrogen-bond donors (Lipinski definition) is 2. The highest BCUT2D eigenvalue weighted by Crippen LogP contribution is 2.42. The van der Waals surface area contributed by atoms with Gasteiger partial charge in [-0.1, -0.05) is 11.6 Å². The molecule has 3 aromatic heterocycles. The predicted molar refractivity (Wildman–Crippen MR) is 123 cm³/mol. The second-order valence-corrected chi connectivity index (χ2v) is 9.15. The molecule has 32 heavy (non-hydrogen) atoms. The second-order valence-electron chi connectivity index (χ2n) is 8.78.